The van der Waals surface area contributed by atoms with Crippen molar-refractivity contribution < 1.29 is 4.79 Å². The highest BCUT2D eigenvalue weighted by Crippen LogP contribution is 2.30. The van der Waals surface area contributed by atoms with Crippen molar-refractivity contribution in [3.63, 3.8) is 0 Å². The van der Waals surface area contributed by atoms with Crippen molar-refractivity contribution in [1.29, 1.82) is 0 Å². The van der Waals surface area contributed by atoms with Gasteiger partial charge in [-0.3, -0.25) is 4.79 Å². The molecule has 7 heteroatoms. The van der Waals surface area contributed by atoms with Gasteiger partial charge in [-0.25, -0.2) is 4.98 Å². The van der Waals surface area contributed by atoms with Crippen LogP contribution in [0.15, 0.2) is 6.20 Å². The van der Waals surface area contributed by atoms with Crippen LogP contribution in [0.25, 0.3) is 0 Å². The molecule has 2 rings (SSSR count). The first-order valence-electron chi connectivity index (χ1n) is 5.96. The second-order valence-electron chi connectivity index (χ2n) is 4.15. The fourth-order valence-electron chi connectivity index (χ4n) is 2.12. The first kappa shape index (κ1) is 12.9. The highest BCUT2D eigenvalue weighted by molar-refractivity contribution is 6.32. The van der Waals surface area contributed by atoms with E-state index in [1.165, 1.54) is 6.20 Å². The topological polar surface area (TPSA) is 84.1 Å². The van der Waals surface area contributed by atoms with Gasteiger partial charge in [-0.05, 0) is 19.8 Å². The normalized spacial score (nSPS) is 19.0. The van der Waals surface area contributed by atoms with E-state index in [9.17, 15) is 4.79 Å². The van der Waals surface area contributed by atoms with Crippen molar-refractivity contribution >= 4 is 29.3 Å². The molecule has 0 radical (unpaired) electrons. The Kier molecular flexibility index (Phi) is 3.86. The Hall–Kier alpha value is -1.56. The zero-order valence-electron chi connectivity index (χ0n) is 10.2. The number of anilines is 2. The number of carbonyl (C=O) groups is 1. The number of hydrogen-bond donors (Lipinski definition) is 2. The molecular formula is C11H16ClN5O. The van der Waals surface area contributed by atoms with Crippen molar-refractivity contribution in [3.05, 3.63) is 11.2 Å². The molecule has 1 saturated heterocycles. The van der Waals surface area contributed by atoms with E-state index < -0.39 is 0 Å². The Morgan fingerprint density at radius 1 is 1.72 bits per heavy atom. The quantitative estimate of drug-likeness (QED) is 0.852. The minimum absolute atomic E-state index is 0.327. The van der Waals surface area contributed by atoms with Gasteiger partial charge in [0.1, 0.15) is 11.1 Å². The van der Waals surface area contributed by atoms with Crippen LogP contribution in [0.1, 0.15) is 19.8 Å². The molecule has 1 aliphatic rings. The summed E-state index contributed by atoms with van der Waals surface area (Å²) in [5.74, 6) is 0.739. The lowest BCUT2D eigenvalue weighted by molar-refractivity contribution is -0.119. The predicted octanol–water partition coefficient (Wildman–Crippen LogP) is 1.02. The molecular weight excluding hydrogens is 254 g/mol. The smallest absolute Gasteiger partial charge is 0.240 e. The van der Waals surface area contributed by atoms with Gasteiger partial charge in [0.15, 0.2) is 5.82 Å². The van der Waals surface area contributed by atoms with Crippen molar-refractivity contribution in [1.82, 2.24) is 9.97 Å². The number of nitrogens with one attached hydrogen (secondary N) is 1. The maximum Gasteiger partial charge on any atom is 0.240 e. The second kappa shape index (κ2) is 5.39. The molecule has 98 valence electrons. The van der Waals surface area contributed by atoms with E-state index in [1.807, 2.05) is 11.8 Å². The molecule has 1 atom stereocenters. The van der Waals surface area contributed by atoms with Gasteiger partial charge >= 0.3 is 0 Å². The summed E-state index contributed by atoms with van der Waals surface area (Å²) >= 11 is 6.10. The summed E-state index contributed by atoms with van der Waals surface area (Å²) in [4.78, 5) is 21.7. The van der Waals surface area contributed by atoms with Crippen LogP contribution in [-0.4, -0.2) is 35.0 Å². The Bertz CT molecular complexity index is 453. The third-order valence-corrected chi connectivity index (χ3v) is 3.18. The zero-order valence-corrected chi connectivity index (χ0v) is 10.9. The number of carbonyl (C=O) groups excluding carboxylic acids is 1. The van der Waals surface area contributed by atoms with Crippen LogP contribution in [0.3, 0.4) is 0 Å². The summed E-state index contributed by atoms with van der Waals surface area (Å²) in [6, 6.07) is -0.327. The van der Waals surface area contributed by atoms with Gasteiger partial charge in [0, 0.05) is 13.1 Å². The highest BCUT2D eigenvalue weighted by atomic mass is 35.5. The molecule has 2 heterocycles. The van der Waals surface area contributed by atoms with Gasteiger partial charge in [-0.2, -0.15) is 4.98 Å². The molecule has 1 fully saturated rings. The van der Waals surface area contributed by atoms with Gasteiger partial charge in [-0.15, -0.1) is 0 Å². The summed E-state index contributed by atoms with van der Waals surface area (Å²) in [5.41, 5.74) is 5.39. The van der Waals surface area contributed by atoms with Gasteiger partial charge in [-0.1, -0.05) is 11.6 Å². The molecule has 0 saturated carbocycles. The lowest BCUT2D eigenvalue weighted by atomic mass is 10.2. The van der Waals surface area contributed by atoms with Crippen molar-refractivity contribution in [2.24, 2.45) is 5.73 Å². The lowest BCUT2D eigenvalue weighted by Gasteiger charge is -2.24. The number of nitrogens with zero attached hydrogens (tertiary/aromatic N) is 3. The molecule has 3 N–H and O–H groups in total. The number of hydrogen-bond acceptors (Lipinski definition) is 5. The highest BCUT2D eigenvalue weighted by Gasteiger charge is 2.31. The van der Waals surface area contributed by atoms with E-state index in [0.717, 1.165) is 25.9 Å². The fraction of sp³-hybridized carbons (Fsp3) is 0.545. The maximum absolute atomic E-state index is 11.4. The van der Waals surface area contributed by atoms with Crippen LogP contribution >= 0.6 is 11.6 Å². The van der Waals surface area contributed by atoms with Crippen molar-refractivity contribution in [3.8, 4) is 0 Å². The van der Waals surface area contributed by atoms with Gasteiger partial charge < -0.3 is 16.0 Å². The van der Waals surface area contributed by atoms with Gasteiger partial charge in [0.2, 0.25) is 11.9 Å². The third kappa shape index (κ3) is 2.48. The van der Waals surface area contributed by atoms with Crippen molar-refractivity contribution in [2.45, 2.75) is 25.8 Å². The number of nitrogens with two attached hydrogens (primary N) is 1. The average Bonchev–Trinajstić information content (AvgIpc) is 2.81. The first-order valence-corrected chi connectivity index (χ1v) is 6.33. The molecule has 1 aliphatic heterocycles. The van der Waals surface area contributed by atoms with Crippen LogP contribution in [-0.2, 0) is 4.79 Å². The molecule has 1 unspecified atom stereocenters. The van der Waals surface area contributed by atoms with Gasteiger partial charge in [0.05, 0.1) is 6.20 Å². The molecule has 1 amide bonds. The molecule has 0 spiro atoms. The minimum Gasteiger partial charge on any atom is -0.368 e. The Morgan fingerprint density at radius 2 is 2.50 bits per heavy atom. The molecule has 18 heavy (non-hydrogen) atoms. The number of primary amides is 1. The van der Waals surface area contributed by atoms with Crippen LogP contribution in [0.5, 0.6) is 0 Å². The van der Waals surface area contributed by atoms with E-state index >= 15 is 0 Å². The van der Waals surface area contributed by atoms with E-state index in [-0.39, 0.29) is 11.9 Å². The number of halogens is 1. The molecule has 0 aromatic carbocycles. The molecule has 1 aromatic rings. The Morgan fingerprint density at radius 3 is 3.17 bits per heavy atom. The summed E-state index contributed by atoms with van der Waals surface area (Å²) in [7, 11) is 0. The van der Waals surface area contributed by atoms with Crippen LogP contribution < -0.4 is 16.0 Å². The average molecular weight is 270 g/mol. The van der Waals surface area contributed by atoms with E-state index in [1.54, 1.807) is 0 Å². The van der Waals surface area contributed by atoms with Crippen LogP contribution in [0.4, 0.5) is 11.8 Å². The third-order valence-electron chi connectivity index (χ3n) is 2.91. The molecule has 0 bridgehead atoms. The van der Waals surface area contributed by atoms with E-state index in [0.29, 0.717) is 16.8 Å². The summed E-state index contributed by atoms with van der Waals surface area (Å²) in [6.07, 6.45) is 3.19. The Labute approximate surface area is 111 Å². The van der Waals surface area contributed by atoms with Crippen molar-refractivity contribution in [2.75, 3.05) is 23.3 Å². The minimum atomic E-state index is -0.341. The SMILES string of the molecule is CCNc1ncc(Cl)c(N2CCCC2C(N)=O)n1. The number of aromatic nitrogens is 2. The number of amides is 1. The van der Waals surface area contributed by atoms with Gasteiger partial charge in [0.25, 0.3) is 0 Å². The standard InChI is InChI=1S/C11H16ClN5O/c1-2-14-11-15-6-7(12)10(16-11)17-5-3-4-8(17)9(13)18/h6,8H,2-5H2,1H3,(H2,13,18)(H,14,15,16). The first-order chi connectivity index (χ1) is 8.63. The second-order valence-corrected chi connectivity index (χ2v) is 4.56. The summed E-state index contributed by atoms with van der Waals surface area (Å²) in [6.45, 7) is 3.41. The number of rotatable bonds is 4. The fourth-order valence-corrected chi connectivity index (χ4v) is 2.32. The molecule has 0 aliphatic carbocycles. The molecule has 6 nitrogen and oxygen atoms in total. The monoisotopic (exact) mass is 269 g/mol. The summed E-state index contributed by atoms with van der Waals surface area (Å²) in [5, 5.41) is 3.45. The Balaban J connectivity index is 2.31. The van der Waals surface area contributed by atoms with Crippen LogP contribution in [0, 0.1) is 0 Å². The largest absolute Gasteiger partial charge is 0.368 e. The lowest BCUT2D eigenvalue weighted by Crippen LogP contribution is -2.41. The predicted molar refractivity (Wildman–Crippen MR) is 70.8 cm³/mol. The molecule has 1 aromatic heterocycles. The zero-order chi connectivity index (χ0) is 13.1. The summed E-state index contributed by atoms with van der Waals surface area (Å²) < 4.78 is 0. The van der Waals surface area contributed by atoms with E-state index in [2.05, 4.69) is 15.3 Å². The van der Waals surface area contributed by atoms with E-state index in [4.69, 9.17) is 17.3 Å². The maximum atomic E-state index is 11.4. The van der Waals surface area contributed by atoms with Crippen LogP contribution in [0.2, 0.25) is 5.02 Å².